The number of halogens is 1. The summed E-state index contributed by atoms with van der Waals surface area (Å²) in [6.07, 6.45) is 1.01. The van der Waals surface area contributed by atoms with Crippen molar-refractivity contribution in [1.82, 2.24) is 4.98 Å². The van der Waals surface area contributed by atoms with E-state index in [1.807, 2.05) is 18.2 Å². The fraction of sp³-hybridized carbons (Fsp3) is 0.133. The Balaban J connectivity index is 1.65. The lowest BCUT2D eigenvalue weighted by Gasteiger charge is -2.02. The zero-order chi connectivity index (χ0) is 13.1. The van der Waals surface area contributed by atoms with E-state index in [1.165, 1.54) is 10.3 Å². The van der Waals surface area contributed by atoms with Gasteiger partial charge in [0.1, 0.15) is 0 Å². The molecule has 3 rings (SSSR count). The first-order valence-electron chi connectivity index (χ1n) is 6.15. The molecule has 1 heterocycles. The molecule has 1 N–H and O–H groups in total. The van der Waals surface area contributed by atoms with Gasteiger partial charge in [-0.25, -0.2) is 4.98 Å². The number of rotatable bonds is 4. The first-order chi connectivity index (χ1) is 9.31. The summed E-state index contributed by atoms with van der Waals surface area (Å²) in [4.78, 5) is 4.58. The van der Waals surface area contributed by atoms with Gasteiger partial charge in [0, 0.05) is 11.0 Å². The normalized spacial score (nSPS) is 10.8. The van der Waals surface area contributed by atoms with Crippen LogP contribution >= 0.6 is 27.3 Å². The van der Waals surface area contributed by atoms with Gasteiger partial charge in [0.2, 0.25) is 0 Å². The number of hydrogen-bond donors (Lipinski definition) is 1. The number of benzene rings is 2. The van der Waals surface area contributed by atoms with Crippen molar-refractivity contribution in [3.63, 3.8) is 0 Å². The predicted octanol–water partition coefficient (Wildman–Crippen LogP) is 4.71. The SMILES string of the molecule is Brc1ccc2sc(NCCc3ccccc3)nc2c1. The van der Waals surface area contributed by atoms with Gasteiger partial charge >= 0.3 is 0 Å². The van der Waals surface area contributed by atoms with Crippen LogP contribution in [0.4, 0.5) is 5.13 Å². The molecule has 4 heteroatoms. The van der Waals surface area contributed by atoms with Crippen LogP contribution in [0, 0.1) is 0 Å². The minimum absolute atomic E-state index is 0.908. The Hall–Kier alpha value is -1.39. The van der Waals surface area contributed by atoms with E-state index in [0.29, 0.717) is 0 Å². The van der Waals surface area contributed by atoms with Crippen LogP contribution in [0.1, 0.15) is 5.56 Å². The highest BCUT2D eigenvalue weighted by Gasteiger charge is 2.03. The Morgan fingerprint density at radius 1 is 1.11 bits per heavy atom. The lowest BCUT2D eigenvalue weighted by Crippen LogP contribution is -2.04. The van der Waals surface area contributed by atoms with Gasteiger partial charge in [0.25, 0.3) is 0 Å². The van der Waals surface area contributed by atoms with Crippen LogP contribution in [0.3, 0.4) is 0 Å². The first-order valence-corrected chi connectivity index (χ1v) is 7.76. The molecule has 2 nitrogen and oxygen atoms in total. The summed E-state index contributed by atoms with van der Waals surface area (Å²) in [6.45, 7) is 0.908. The summed E-state index contributed by atoms with van der Waals surface area (Å²) in [6, 6.07) is 16.7. The van der Waals surface area contributed by atoms with Gasteiger partial charge in [-0.2, -0.15) is 0 Å². The summed E-state index contributed by atoms with van der Waals surface area (Å²) in [5.41, 5.74) is 2.39. The standard InChI is InChI=1S/C15H13BrN2S/c16-12-6-7-14-13(10-12)18-15(19-14)17-9-8-11-4-2-1-3-5-11/h1-7,10H,8-9H2,(H,17,18). The smallest absolute Gasteiger partial charge is 0.183 e. The van der Waals surface area contributed by atoms with Crippen LogP contribution in [0.25, 0.3) is 10.2 Å². The van der Waals surface area contributed by atoms with E-state index in [1.54, 1.807) is 11.3 Å². The van der Waals surface area contributed by atoms with Crippen LogP contribution in [0.15, 0.2) is 53.0 Å². The molecule has 0 unspecified atom stereocenters. The maximum atomic E-state index is 4.58. The minimum Gasteiger partial charge on any atom is -0.361 e. The molecule has 0 spiro atoms. The second-order valence-corrected chi connectivity index (χ2v) is 6.24. The molecule has 0 radical (unpaired) electrons. The number of thiazole rings is 1. The molecular weight excluding hydrogens is 320 g/mol. The molecule has 0 amide bonds. The van der Waals surface area contributed by atoms with E-state index in [0.717, 1.165) is 28.1 Å². The zero-order valence-corrected chi connectivity index (χ0v) is 12.7. The van der Waals surface area contributed by atoms with Gasteiger partial charge in [-0.3, -0.25) is 0 Å². The van der Waals surface area contributed by atoms with E-state index in [-0.39, 0.29) is 0 Å². The van der Waals surface area contributed by atoms with Gasteiger partial charge in [-0.1, -0.05) is 57.6 Å². The monoisotopic (exact) mass is 332 g/mol. The molecule has 3 aromatic rings. The highest BCUT2D eigenvalue weighted by atomic mass is 79.9. The van der Waals surface area contributed by atoms with Crippen molar-refractivity contribution in [2.75, 3.05) is 11.9 Å². The lowest BCUT2D eigenvalue weighted by molar-refractivity contribution is 1.02. The summed E-state index contributed by atoms with van der Waals surface area (Å²) in [5, 5.41) is 4.38. The lowest BCUT2D eigenvalue weighted by atomic mass is 10.2. The van der Waals surface area contributed by atoms with Crippen molar-refractivity contribution in [3.8, 4) is 0 Å². The van der Waals surface area contributed by atoms with Gasteiger partial charge in [0.05, 0.1) is 10.2 Å². The Kier molecular flexibility index (Phi) is 3.80. The fourth-order valence-electron chi connectivity index (χ4n) is 1.93. The molecule has 96 valence electrons. The topological polar surface area (TPSA) is 24.9 Å². The Morgan fingerprint density at radius 3 is 2.79 bits per heavy atom. The molecule has 0 saturated heterocycles. The molecule has 0 saturated carbocycles. The number of fused-ring (bicyclic) bond motifs is 1. The summed E-state index contributed by atoms with van der Waals surface area (Å²) in [5.74, 6) is 0. The number of hydrogen-bond acceptors (Lipinski definition) is 3. The second kappa shape index (κ2) is 5.72. The molecule has 0 atom stereocenters. The van der Waals surface area contributed by atoms with Crippen molar-refractivity contribution < 1.29 is 0 Å². The van der Waals surface area contributed by atoms with Gasteiger partial charge < -0.3 is 5.32 Å². The highest BCUT2D eigenvalue weighted by Crippen LogP contribution is 2.28. The molecule has 0 fully saturated rings. The zero-order valence-electron chi connectivity index (χ0n) is 10.3. The van der Waals surface area contributed by atoms with Crippen LogP contribution in [0.2, 0.25) is 0 Å². The van der Waals surface area contributed by atoms with Crippen LogP contribution in [0.5, 0.6) is 0 Å². The fourth-order valence-corrected chi connectivity index (χ4v) is 3.16. The summed E-state index contributed by atoms with van der Waals surface area (Å²) < 4.78 is 2.28. The molecule has 0 bridgehead atoms. The molecule has 0 aliphatic carbocycles. The van der Waals surface area contributed by atoms with Crippen LogP contribution in [-0.2, 0) is 6.42 Å². The van der Waals surface area contributed by atoms with Crippen molar-refractivity contribution in [2.45, 2.75) is 6.42 Å². The molecule has 0 aliphatic rings. The average molecular weight is 333 g/mol. The molecule has 19 heavy (non-hydrogen) atoms. The maximum absolute atomic E-state index is 4.58. The number of nitrogens with zero attached hydrogens (tertiary/aromatic N) is 1. The van der Waals surface area contributed by atoms with Crippen molar-refractivity contribution in [2.24, 2.45) is 0 Å². The number of anilines is 1. The second-order valence-electron chi connectivity index (χ2n) is 4.29. The summed E-state index contributed by atoms with van der Waals surface area (Å²) in [7, 11) is 0. The average Bonchev–Trinajstić information content (AvgIpc) is 2.82. The van der Waals surface area contributed by atoms with Gasteiger partial charge in [-0.05, 0) is 30.2 Å². The third-order valence-corrected chi connectivity index (χ3v) is 4.37. The van der Waals surface area contributed by atoms with E-state index in [9.17, 15) is 0 Å². The van der Waals surface area contributed by atoms with Crippen molar-refractivity contribution >= 4 is 42.6 Å². The first kappa shape index (κ1) is 12.6. The quantitative estimate of drug-likeness (QED) is 0.748. The van der Waals surface area contributed by atoms with Crippen molar-refractivity contribution in [1.29, 1.82) is 0 Å². The third kappa shape index (κ3) is 3.14. The number of aromatic nitrogens is 1. The molecular formula is C15H13BrN2S. The van der Waals surface area contributed by atoms with Crippen molar-refractivity contribution in [3.05, 3.63) is 58.6 Å². The Labute approximate surface area is 124 Å². The third-order valence-electron chi connectivity index (χ3n) is 2.88. The maximum Gasteiger partial charge on any atom is 0.183 e. The minimum atomic E-state index is 0.908. The highest BCUT2D eigenvalue weighted by molar-refractivity contribution is 9.10. The molecule has 0 aliphatic heterocycles. The predicted molar refractivity (Wildman–Crippen MR) is 86.0 cm³/mol. The van der Waals surface area contributed by atoms with E-state index in [2.05, 4.69) is 56.6 Å². The largest absolute Gasteiger partial charge is 0.361 e. The van der Waals surface area contributed by atoms with Crippen LogP contribution in [-0.4, -0.2) is 11.5 Å². The molecule has 2 aromatic carbocycles. The molecule has 1 aromatic heterocycles. The summed E-state index contributed by atoms with van der Waals surface area (Å²) >= 11 is 5.17. The van der Waals surface area contributed by atoms with Gasteiger partial charge in [-0.15, -0.1) is 0 Å². The Morgan fingerprint density at radius 2 is 1.95 bits per heavy atom. The van der Waals surface area contributed by atoms with E-state index in [4.69, 9.17) is 0 Å². The van der Waals surface area contributed by atoms with Gasteiger partial charge in [0.15, 0.2) is 5.13 Å². The van der Waals surface area contributed by atoms with Crippen LogP contribution < -0.4 is 5.32 Å². The number of nitrogens with one attached hydrogen (secondary N) is 1. The van der Waals surface area contributed by atoms with E-state index >= 15 is 0 Å². The Bertz CT molecular complexity index is 679. The van der Waals surface area contributed by atoms with E-state index < -0.39 is 0 Å².